The van der Waals surface area contributed by atoms with E-state index in [0.29, 0.717) is 31.0 Å². The topological polar surface area (TPSA) is 38.2 Å². The summed E-state index contributed by atoms with van der Waals surface area (Å²) in [5.74, 6) is 0.102. The number of anilines is 1. The summed E-state index contributed by atoms with van der Waals surface area (Å²) in [4.78, 5) is 9.72. The number of ether oxygens (including phenoxy) is 1. The van der Waals surface area contributed by atoms with Crippen molar-refractivity contribution in [2.45, 2.75) is 19.4 Å². The summed E-state index contributed by atoms with van der Waals surface area (Å²) in [6, 6.07) is 0. The van der Waals surface area contributed by atoms with Gasteiger partial charge in [0.15, 0.2) is 11.6 Å². The van der Waals surface area contributed by atoms with E-state index in [9.17, 15) is 4.39 Å². The lowest BCUT2D eigenvalue weighted by atomic mass is 10.1. The van der Waals surface area contributed by atoms with Crippen molar-refractivity contribution in [2.75, 3.05) is 25.1 Å². The number of methoxy groups -OCH3 is 1. The Labute approximate surface area is 88.1 Å². The number of halogens is 1. The van der Waals surface area contributed by atoms with E-state index in [1.165, 1.54) is 6.33 Å². The SMILES string of the molecule is CCc1ncnc(N2CC(OC)C2)c1F. The number of rotatable bonds is 3. The molecule has 4 nitrogen and oxygen atoms in total. The van der Waals surface area contributed by atoms with E-state index in [2.05, 4.69) is 9.97 Å². The third-order valence-electron chi connectivity index (χ3n) is 2.66. The average molecular weight is 211 g/mol. The number of nitrogens with zero attached hydrogens (tertiary/aromatic N) is 3. The predicted octanol–water partition coefficient (Wildman–Crippen LogP) is 1.01. The molecule has 0 spiro atoms. The van der Waals surface area contributed by atoms with Crippen molar-refractivity contribution in [1.29, 1.82) is 0 Å². The lowest BCUT2D eigenvalue weighted by Crippen LogP contribution is -2.52. The molecule has 0 atom stereocenters. The third-order valence-corrected chi connectivity index (χ3v) is 2.66. The Kier molecular flexibility index (Phi) is 2.81. The van der Waals surface area contributed by atoms with Gasteiger partial charge < -0.3 is 9.64 Å². The summed E-state index contributed by atoms with van der Waals surface area (Å²) in [5, 5.41) is 0. The van der Waals surface area contributed by atoms with Crippen molar-refractivity contribution in [2.24, 2.45) is 0 Å². The smallest absolute Gasteiger partial charge is 0.187 e. The molecule has 2 heterocycles. The Hall–Kier alpha value is -1.23. The van der Waals surface area contributed by atoms with Gasteiger partial charge in [0, 0.05) is 20.2 Å². The van der Waals surface area contributed by atoms with Gasteiger partial charge >= 0.3 is 0 Å². The third kappa shape index (κ3) is 1.79. The summed E-state index contributed by atoms with van der Waals surface area (Å²) >= 11 is 0. The maximum Gasteiger partial charge on any atom is 0.187 e. The first-order chi connectivity index (χ1) is 7.26. The number of aromatic nitrogens is 2. The van der Waals surface area contributed by atoms with E-state index in [1.54, 1.807) is 7.11 Å². The first kappa shape index (κ1) is 10.3. The Morgan fingerprint density at radius 2 is 2.27 bits per heavy atom. The van der Waals surface area contributed by atoms with E-state index in [4.69, 9.17) is 4.74 Å². The van der Waals surface area contributed by atoms with Crippen molar-refractivity contribution in [3.8, 4) is 0 Å². The van der Waals surface area contributed by atoms with Crippen LogP contribution >= 0.6 is 0 Å². The van der Waals surface area contributed by atoms with Gasteiger partial charge in [-0.1, -0.05) is 6.92 Å². The highest BCUT2D eigenvalue weighted by atomic mass is 19.1. The second-order valence-corrected chi connectivity index (χ2v) is 3.57. The zero-order chi connectivity index (χ0) is 10.8. The summed E-state index contributed by atoms with van der Waals surface area (Å²) in [6.07, 6.45) is 2.20. The van der Waals surface area contributed by atoms with Crippen molar-refractivity contribution < 1.29 is 9.13 Å². The fourth-order valence-electron chi connectivity index (χ4n) is 1.62. The highest BCUT2D eigenvalue weighted by Gasteiger charge is 2.30. The molecule has 0 unspecified atom stereocenters. The minimum Gasteiger partial charge on any atom is -0.378 e. The van der Waals surface area contributed by atoms with Crippen LogP contribution in [0.25, 0.3) is 0 Å². The van der Waals surface area contributed by atoms with E-state index < -0.39 is 0 Å². The molecule has 0 saturated carbocycles. The van der Waals surface area contributed by atoms with Crippen LogP contribution in [0.5, 0.6) is 0 Å². The summed E-state index contributed by atoms with van der Waals surface area (Å²) in [6.45, 7) is 3.28. The average Bonchev–Trinajstić information content (AvgIpc) is 2.19. The molecular formula is C10H14FN3O. The van der Waals surface area contributed by atoms with E-state index in [1.807, 2.05) is 11.8 Å². The van der Waals surface area contributed by atoms with Crippen molar-refractivity contribution in [3.63, 3.8) is 0 Å². The molecule has 0 bridgehead atoms. The van der Waals surface area contributed by atoms with Crippen LogP contribution in [0.4, 0.5) is 10.2 Å². The molecule has 2 rings (SSSR count). The van der Waals surface area contributed by atoms with Gasteiger partial charge in [-0.3, -0.25) is 0 Å². The number of hydrogen-bond acceptors (Lipinski definition) is 4. The molecule has 15 heavy (non-hydrogen) atoms. The van der Waals surface area contributed by atoms with Crippen LogP contribution < -0.4 is 4.90 Å². The molecule has 1 aromatic rings. The quantitative estimate of drug-likeness (QED) is 0.748. The van der Waals surface area contributed by atoms with Gasteiger partial charge in [0.2, 0.25) is 0 Å². The van der Waals surface area contributed by atoms with Gasteiger partial charge in [-0.05, 0) is 6.42 Å². The first-order valence-corrected chi connectivity index (χ1v) is 5.03. The number of hydrogen-bond donors (Lipinski definition) is 0. The normalized spacial score (nSPS) is 16.6. The monoisotopic (exact) mass is 211 g/mol. The van der Waals surface area contributed by atoms with Gasteiger partial charge in [-0.2, -0.15) is 0 Å². The molecule has 1 aliphatic rings. The van der Waals surface area contributed by atoms with Crippen LogP contribution in [-0.2, 0) is 11.2 Å². The second kappa shape index (κ2) is 4.10. The molecule has 0 aliphatic carbocycles. The molecular weight excluding hydrogens is 197 g/mol. The Bertz CT molecular complexity index is 353. The minimum absolute atomic E-state index is 0.199. The Morgan fingerprint density at radius 3 is 2.87 bits per heavy atom. The molecule has 1 saturated heterocycles. The molecule has 1 aromatic heterocycles. The molecule has 0 N–H and O–H groups in total. The molecule has 1 fully saturated rings. The van der Waals surface area contributed by atoms with Crippen molar-refractivity contribution >= 4 is 5.82 Å². The summed E-state index contributed by atoms with van der Waals surface area (Å²) < 4.78 is 18.9. The number of aryl methyl sites for hydroxylation is 1. The maximum atomic E-state index is 13.8. The van der Waals surface area contributed by atoms with Crippen LogP contribution in [0.15, 0.2) is 6.33 Å². The first-order valence-electron chi connectivity index (χ1n) is 5.03. The van der Waals surface area contributed by atoms with Crippen molar-refractivity contribution in [3.05, 3.63) is 17.8 Å². The van der Waals surface area contributed by atoms with Gasteiger partial charge in [0.05, 0.1) is 11.8 Å². The summed E-state index contributed by atoms with van der Waals surface area (Å²) in [7, 11) is 1.66. The molecule has 0 amide bonds. The largest absolute Gasteiger partial charge is 0.378 e. The maximum absolute atomic E-state index is 13.8. The second-order valence-electron chi connectivity index (χ2n) is 3.57. The molecule has 1 aliphatic heterocycles. The van der Waals surface area contributed by atoms with Gasteiger partial charge in [0.1, 0.15) is 6.33 Å². The van der Waals surface area contributed by atoms with Gasteiger partial charge in [0.25, 0.3) is 0 Å². The van der Waals surface area contributed by atoms with Gasteiger partial charge in [-0.25, -0.2) is 14.4 Å². The lowest BCUT2D eigenvalue weighted by Gasteiger charge is -2.39. The summed E-state index contributed by atoms with van der Waals surface area (Å²) in [5.41, 5.74) is 0.473. The standard InChI is InChI=1S/C10H14FN3O/c1-3-8-9(11)10(13-6-12-8)14-4-7(5-14)15-2/h6-7H,3-5H2,1-2H3. The van der Waals surface area contributed by atoms with Gasteiger partial charge in [-0.15, -0.1) is 0 Å². The Morgan fingerprint density at radius 1 is 1.53 bits per heavy atom. The fourth-order valence-corrected chi connectivity index (χ4v) is 1.62. The van der Waals surface area contributed by atoms with Crippen LogP contribution in [0, 0.1) is 5.82 Å². The van der Waals surface area contributed by atoms with Crippen LogP contribution in [-0.4, -0.2) is 36.3 Å². The minimum atomic E-state index is -0.297. The highest BCUT2D eigenvalue weighted by Crippen LogP contribution is 2.23. The lowest BCUT2D eigenvalue weighted by molar-refractivity contribution is 0.0778. The molecule has 0 aromatic carbocycles. The molecule has 5 heteroatoms. The van der Waals surface area contributed by atoms with E-state index in [-0.39, 0.29) is 11.9 Å². The van der Waals surface area contributed by atoms with Crippen LogP contribution in [0.2, 0.25) is 0 Å². The fraction of sp³-hybridized carbons (Fsp3) is 0.600. The van der Waals surface area contributed by atoms with Crippen LogP contribution in [0.3, 0.4) is 0 Å². The zero-order valence-corrected chi connectivity index (χ0v) is 8.90. The molecule has 82 valence electrons. The van der Waals surface area contributed by atoms with E-state index in [0.717, 1.165) is 0 Å². The zero-order valence-electron chi connectivity index (χ0n) is 8.90. The predicted molar refractivity (Wildman–Crippen MR) is 54.4 cm³/mol. The van der Waals surface area contributed by atoms with E-state index >= 15 is 0 Å². The highest BCUT2D eigenvalue weighted by molar-refractivity contribution is 5.44. The van der Waals surface area contributed by atoms with Crippen molar-refractivity contribution in [1.82, 2.24) is 9.97 Å². The Balaban J connectivity index is 2.16. The molecule has 0 radical (unpaired) electrons. The van der Waals surface area contributed by atoms with Crippen LogP contribution in [0.1, 0.15) is 12.6 Å².